The van der Waals surface area contributed by atoms with E-state index in [1.54, 1.807) is 6.20 Å². The van der Waals surface area contributed by atoms with Crippen molar-refractivity contribution < 1.29 is 0 Å². The Bertz CT molecular complexity index is 317. The minimum absolute atomic E-state index is 0.0519. The number of nitrogen functional groups attached to an aromatic ring is 1. The fourth-order valence-corrected chi connectivity index (χ4v) is 1.74. The van der Waals surface area contributed by atoms with Gasteiger partial charge in [0.05, 0.1) is 6.04 Å². The Hall–Kier alpha value is -1.17. The molecule has 0 aliphatic heterocycles. The lowest BCUT2D eigenvalue weighted by Crippen LogP contribution is -2.32. The first-order chi connectivity index (χ1) is 7.56. The van der Waals surface area contributed by atoms with E-state index in [-0.39, 0.29) is 6.04 Å². The van der Waals surface area contributed by atoms with Crippen molar-refractivity contribution in [3.8, 4) is 0 Å². The molecule has 1 atom stereocenters. The summed E-state index contributed by atoms with van der Waals surface area (Å²) in [5, 5.41) is 0. The number of hydrogen-bond acceptors (Lipinski definition) is 5. The lowest BCUT2D eigenvalue weighted by Gasteiger charge is -2.21. The SMILES string of the molecule is Cc1ccnc(N)c1C(CCN(C)C)NN. The highest BCUT2D eigenvalue weighted by Gasteiger charge is 2.15. The molecule has 0 aromatic carbocycles. The number of hydrogen-bond donors (Lipinski definition) is 3. The van der Waals surface area contributed by atoms with Gasteiger partial charge in [-0.25, -0.2) is 4.98 Å². The maximum Gasteiger partial charge on any atom is 0.128 e. The zero-order chi connectivity index (χ0) is 12.1. The number of nitrogens with one attached hydrogen (secondary N) is 1. The van der Waals surface area contributed by atoms with Crippen LogP contribution in [0, 0.1) is 6.92 Å². The average Bonchev–Trinajstić information content (AvgIpc) is 2.22. The highest BCUT2D eigenvalue weighted by atomic mass is 15.2. The highest BCUT2D eigenvalue weighted by molar-refractivity contribution is 5.45. The topological polar surface area (TPSA) is 80.2 Å². The van der Waals surface area contributed by atoms with Gasteiger partial charge < -0.3 is 10.6 Å². The van der Waals surface area contributed by atoms with Crippen LogP contribution < -0.4 is 17.0 Å². The predicted molar refractivity (Wildman–Crippen MR) is 66.6 cm³/mol. The molecule has 0 spiro atoms. The Labute approximate surface area is 96.8 Å². The molecule has 5 N–H and O–H groups in total. The van der Waals surface area contributed by atoms with Gasteiger partial charge in [-0.2, -0.15) is 0 Å². The molecule has 0 aliphatic rings. The number of nitrogens with zero attached hydrogens (tertiary/aromatic N) is 2. The van der Waals surface area contributed by atoms with Gasteiger partial charge in [-0.05, 0) is 45.6 Å². The fourth-order valence-electron chi connectivity index (χ4n) is 1.74. The molecule has 0 bridgehead atoms. The van der Waals surface area contributed by atoms with E-state index in [0.717, 1.165) is 24.1 Å². The van der Waals surface area contributed by atoms with Crippen LogP contribution in [0.1, 0.15) is 23.6 Å². The van der Waals surface area contributed by atoms with E-state index in [1.165, 1.54) is 0 Å². The third-order valence-electron chi connectivity index (χ3n) is 2.65. The molecule has 1 rings (SSSR count). The van der Waals surface area contributed by atoms with Gasteiger partial charge in [0, 0.05) is 11.8 Å². The molecule has 0 aliphatic carbocycles. The smallest absolute Gasteiger partial charge is 0.128 e. The summed E-state index contributed by atoms with van der Waals surface area (Å²) in [7, 11) is 4.07. The summed E-state index contributed by atoms with van der Waals surface area (Å²) in [5.41, 5.74) is 10.8. The maximum atomic E-state index is 5.88. The zero-order valence-corrected chi connectivity index (χ0v) is 10.2. The molecule has 0 amide bonds. The van der Waals surface area contributed by atoms with E-state index >= 15 is 0 Å². The monoisotopic (exact) mass is 223 g/mol. The van der Waals surface area contributed by atoms with Crippen LogP contribution in [0.25, 0.3) is 0 Å². The molecular formula is C11H21N5. The predicted octanol–water partition coefficient (Wildman–Crippen LogP) is 0.428. The van der Waals surface area contributed by atoms with Crippen molar-refractivity contribution in [2.24, 2.45) is 5.84 Å². The lowest BCUT2D eigenvalue weighted by molar-refractivity contribution is 0.362. The van der Waals surface area contributed by atoms with Gasteiger partial charge in [0.25, 0.3) is 0 Å². The lowest BCUT2D eigenvalue weighted by atomic mass is 10.0. The van der Waals surface area contributed by atoms with E-state index in [0.29, 0.717) is 5.82 Å². The van der Waals surface area contributed by atoms with Gasteiger partial charge in [0.15, 0.2) is 0 Å². The van der Waals surface area contributed by atoms with Crippen molar-refractivity contribution >= 4 is 5.82 Å². The Morgan fingerprint density at radius 1 is 1.50 bits per heavy atom. The zero-order valence-electron chi connectivity index (χ0n) is 10.2. The summed E-state index contributed by atoms with van der Waals surface area (Å²) >= 11 is 0. The molecule has 1 aromatic rings. The molecule has 5 nitrogen and oxygen atoms in total. The van der Waals surface area contributed by atoms with Gasteiger partial charge in [-0.3, -0.25) is 11.3 Å². The minimum atomic E-state index is 0.0519. The third kappa shape index (κ3) is 3.16. The van der Waals surface area contributed by atoms with Crippen molar-refractivity contribution in [3.63, 3.8) is 0 Å². The molecular weight excluding hydrogens is 202 g/mol. The van der Waals surface area contributed by atoms with Gasteiger partial charge >= 0.3 is 0 Å². The number of pyridine rings is 1. The second kappa shape index (κ2) is 5.79. The largest absolute Gasteiger partial charge is 0.383 e. The van der Waals surface area contributed by atoms with E-state index in [9.17, 15) is 0 Å². The normalized spacial score (nSPS) is 13.1. The van der Waals surface area contributed by atoms with Crippen molar-refractivity contribution in [1.82, 2.24) is 15.3 Å². The van der Waals surface area contributed by atoms with Crippen molar-refractivity contribution in [2.75, 3.05) is 26.4 Å². The molecule has 5 heteroatoms. The first kappa shape index (κ1) is 12.9. The summed E-state index contributed by atoms with van der Waals surface area (Å²) in [5.74, 6) is 6.13. The second-order valence-corrected chi connectivity index (χ2v) is 4.24. The van der Waals surface area contributed by atoms with Crippen LogP contribution in [-0.4, -0.2) is 30.5 Å². The quantitative estimate of drug-likeness (QED) is 0.498. The Kier molecular flexibility index (Phi) is 4.67. The first-order valence-electron chi connectivity index (χ1n) is 5.38. The van der Waals surface area contributed by atoms with Crippen LogP contribution in [0.4, 0.5) is 5.82 Å². The minimum Gasteiger partial charge on any atom is -0.383 e. The van der Waals surface area contributed by atoms with Crippen LogP contribution in [-0.2, 0) is 0 Å². The Morgan fingerprint density at radius 2 is 2.19 bits per heavy atom. The van der Waals surface area contributed by atoms with Crippen LogP contribution in [0.5, 0.6) is 0 Å². The fraction of sp³-hybridized carbons (Fsp3) is 0.545. The van der Waals surface area contributed by atoms with Crippen LogP contribution in [0.2, 0.25) is 0 Å². The van der Waals surface area contributed by atoms with E-state index in [2.05, 4.69) is 15.3 Å². The molecule has 1 aromatic heterocycles. The van der Waals surface area contributed by atoms with Gasteiger partial charge in [0.2, 0.25) is 0 Å². The van der Waals surface area contributed by atoms with Crippen molar-refractivity contribution in [2.45, 2.75) is 19.4 Å². The molecule has 0 saturated carbocycles. The molecule has 16 heavy (non-hydrogen) atoms. The number of nitrogens with two attached hydrogens (primary N) is 2. The summed E-state index contributed by atoms with van der Waals surface area (Å²) in [6.45, 7) is 2.97. The first-order valence-corrected chi connectivity index (χ1v) is 5.38. The molecule has 0 saturated heterocycles. The van der Waals surface area contributed by atoms with E-state index in [4.69, 9.17) is 11.6 Å². The average molecular weight is 223 g/mol. The summed E-state index contributed by atoms with van der Waals surface area (Å²) in [6.07, 6.45) is 2.62. The summed E-state index contributed by atoms with van der Waals surface area (Å²) in [6, 6.07) is 2.00. The van der Waals surface area contributed by atoms with Gasteiger partial charge in [-0.1, -0.05) is 0 Å². The third-order valence-corrected chi connectivity index (χ3v) is 2.65. The van der Waals surface area contributed by atoms with Gasteiger partial charge in [-0.15, -0.1) is 0 Å². The van der Waals surface area contributed by atoms with Gasteiger partial charge in [0.1, 0.15) is 5.82 Å². The maximum absolute atomic E-state index is 5.88. The highest BCUT2D eigenvalue weighted by Crippen LogP contribution is 2.24. The number of hydrazine groups is 1. The van der Waals surface area contributed by atoms with Crippen molar-refractivity contribution in [1.29, 1.82) is 0 Å². The number of aromatic nitrogens is 1. The molecule has 0 radical (unpaired) electrons. The molecule has 0 fully saturated rings. The molecule has 90 valence electrons. The summed E-state index contributed by atoms with van der Waals surface area (Å²) in [4.78, 5) is 6.22. The second-order valence-electron chi connectivity index (χ2n) is 4.24. The van der Waals surface area contributed by atoms with E-state index < -0.39 is 0 Å². The Balaban J connectivity index is 2.86. The van der Waals surface area contributed by atoms with E-state index in [1.807, 2.05) is 27.1 Å². The van der Waals surface area contributed by atoms with Crippen molar-refractivity contribution in [3.05, 3.63) is 23.4 Å². The van der Waals surface area contributed by atoms with Crippen LogP contribution in [0.15, 0.2) is 12.3 Å². The van der Waals surface area contributed by atoms with Crippen LogP contribution in [0.3, 0.4) is 0 Å². The standard InChI is InChI=1S/C11H21N5/c1-8-4-6-14-11(12)10(8)9(15-13)5-7-16(2)3/h4,6,9,15H,5,7,13H2,1-3H3,(H2,12,14). The number of anilines is 1. The Morgan fingerprint density at radius 3 is 2.69 bits per heavy atom. The number of aryl methyl sites for hydroxylation is 1. The van der Waals surface area contributed by atoms with Crippen LogP contribution >= 0.6 is 0 Å². The molecule has 1 heterocycles. The number of rotatable bonds is 5. The molecule has 1 unspecified atom stereocenters. The summed E-state index contributed by atoms with van der Waals surface area (Å²) < 4.78 is 0.